The van der Waals surface area contributed by atoms with Crippen LogP contribution in [-0.4, -0.2) is 19.3 Å². The van der Waals surface area contributed by atoms with Gasteiger partial charge in [-0.15, -0.1) is 0 Å². The molecule has 0 atom stereocenters. The average molecular weight is 190 g/mol. The SMILES string of the molecule is CCn1ncn(-c2cccnc2)c1=O. The van der Waals surface area contributed by atoms with Crippen molar-refractivity contribution in [1.82, 2.24) is 19.3 Å². The van der Waals surface area contributed by atoms with E-state index in [4.69, 9.17) is 0 Å². The summed E-state index contributed by atoms with van der Waals surface area (Å²) >= 11 is 0. The van der Waals surface area contributed by atoms with Crippen molar-refractivity contribution in [2.45, 2.75) is 13.5 Å². The highest BCUT2D eigenvalue weighted by Gasteiger charge is 2.03. The fourth-order valence-corrected chi connectivity index (χ4v) is 1.23. The molecule has 2 aromatic heterocycles. The lowest BCUT2D eigenvalue weighted by Crippen LogP contribution is -2.23. The Morgan fingerprint density at radius 2 is 2.36 bits per heavy atom. The van der Waals surface area contributed by atoms with Gasteiger partial charge in [0.2, 0.25) is 0 Å². The second-order valence-electron chi connectivity index (χ2n) is 2.81. The Labute approximate surface area is 80.6 Å². The van der Waals surface area contributed by atoms with E-state index in [1.807, 2.05) is 13.0 Å². The lowest BCUT2D eigenvalue weighted by Gasteiger charge is -1.97. The van der Waals surface area contributed by atoms with Gasteiger partial charge in [0.05, 0.1) is 11.9 Å². The van der Waals surface area contributed by atoms with Crippen molar-refractivity contribution < 1.29 is 0 Å². The van der Waals surface area contributed by atoms with E-state index in [1.165, 1.54) is 15.6 Å². The number of aryl methyl sites for hydroxylation is 1. The fraction of sp³-hybridized carbons (Fsp3) is 0.222. The fourth-order valence-electron chi connectivity index (χ4n) is 1.23. The summed E-state index contributed by atoms with van der Waals surface area (Å²) in [5.41, 5.74) is 0.595. The quantitative estimate of drug-likeness (QED) is 0.690. The van der Waals surface area contributed by atoms with E-state index in [9.17, 15) is 4.79 Å². The summed E-state index contributed by atoms with van der Waals surface area (Å²) in [5.74, 6) is 0. The van der Waals surface area contributed by atoms with Gasteiger partial charge in [-0.25, -0.2) is 14.0 Å². The Kier molecular flexibility index (Phi) is 2.14. The molecule has 0 aliphatic carbocycles. The number of nitrogens with zero attached hydrogens (tertiary/aromatic N) is 4. The van der Waals surface area contributed by atoms with Gasteiger partial charge in [-0.1, -0.05) is 0 Å². The van der Waals surface area contributed by atoms with Crippen molar-refractivity contribution in [2.24, 2.45) is 0 Å². The molecule has 0 saturated carbocycles. The third-order valence-electron chi connectivity index (χ3n) is 1.96. The summed E-state index contributed by atoms with van der Waals surface area (Å²) in [7, 11) is 0. The highest BCUT2D eigenvalue weighted by atomic mass is 16.2. The Balaban J connectivity index is 2.53. The van der Waals surface area contributed by atoms with Crippen LogP contribution >= 0.6 is 0 Å². The first-order valence-corrected chi connectivity index (χ1v) is 4.38. The minimum atomic E-state index is -0.138. The van der Waals surface area contributed by atoms with Crippen LogP contribution in [0.3, 0.4) is 0 Å². The maximum Gasteiger partial charge on any atom is 0.350 e. The van der Waals surface area contributed by atoms with Crippen molar-refractivity contribution >= 4 is 0 Å². The summed E-state index contributed by atoms with van der Waals surface area (Å²) in [6, 6.07) is 3.60. The topological polar surface area (TPSA) is 52.7 Å². The van der Waals surface area contributed by atoms with Gasteiger partial charge in [0.25, 0.3) is 0 Å². The molecule has 14 heavy (non-hydrogen) atoms. The van der Waals surface area contributed by atoms with Gasteiger partial charge < -0.3 is 0 Å². The van der Waals surface area contributed by atoms with Gasteiger partial charge in [0.1, 0.15) is 6.33 Å². The predicted molar refractivity (Wildman–Crippen MR) is 51.3 cm³/mol. The molecular weight excluding hydrogens is 180 g/mol. The lowest BCUT2D eigenvalue weighted by atomic mass is 10.4. The van der Waals surface area contributed by atoms with Crippen LogP contribution in [0.5, 0.6) is 0 Å². The second-order valence-corrected chi connectivity index (χ2v) is 2.81. The molecule has 0 radical (unpaired) electrons. The molecule has 0 saturated heterocycles. The summed E-state index contributed by atoms with van der Waals surface area (Å²) in [4.78, 5) is 15.6. The monoisotopic (exact) mass is 190 g/mol. The summed E-state index contributed by atoms with van der Waals surface area (Å²) < 4.78 is 2.86. The van der Waals surface area contributed by atoms with Gasteiger partial charge >= 0.3 is 5.69 Å². The summed E-state index contributed by atoms with van der Waals surface area (Å²) in [6.45, 7) is 2.45. The Bertz CT molecular complexity index is 471. The first kappa shape index (κ1) is 8.68. The van der Waals surface area contributed by atoms with E-state index >= 15 is 0 Å². The molecule has 2 aromatic rings. The van der Waals surface area contributed by atoms with Crippen molar-refractivity contribution in [2.75, 3.05) is 0 Å². The Hall–Kier alpha value is -1.91. The maximum absolute atomic E-state index is 11.6. The predicted octanol–water partition coefficient (Wildman–Crippen LogP) is 0.449. The van der Waals surface area contributed by atoms with Crippen LogP contribution in [-0.2, 0) is 6.54 Å². The molecule has 5 heteroatoms. The molecule has 0 bridgehead atoms. The van der Waals surface area contributed by atoms with Crippen LogP contribution in [0.25, 0.3) is 5.69 Å². The van der Waals surface area contributed by atoms with Crippen LogP contribution < -0.4 is 5.69 Å². The van der Waals surface area contributed by atoms with E-state index in [0.717, 1.165) is 5.69 Å². The first-order chi connectivity index (χ1) is 6.83. The summed E-state index contributed by atoms with van der Waals surface area (Å²) in [6.07, 6.45) is 4.80. The molecule has 0 unspecified atom stereocenters. The van der Waals surface area contributed by atoms with Crippen molar-refractivity contribution in [1.29, 1.82) is 0 Å². The van der Waals surface area contributed by atoms with Crippen LogP contribution in [0.15, 0.2) is 35.6 Å². The van der Waals surface area contributed by atoms with Crippen molar-refractivity contribution in [3.8, 4) is 5.69 Å². The number of hydrogen-bond donors (Lipinski definition) is 0. The molecule has 0 aliphatic heterocycles. The van der Waals surface area contributed by atoms with Crippen LogP contribution in [0.4, 0.5) is 0 Å². The van der Waals surface area contributed by atoms with Crippen LogP contribution in [0.1, 0.15) is 6.92 Å². The molecule has 0 N–H and O–H groups in total. The molecule has 0 spiro atoms. The van der Waals surface area contributed by atoms with Gasteiger partial charge in [-0.05, 0) is 19.1 Å². The normalized spacial score (nSPS) is 10.4. The number of aromatic nitrogens is 4. The van der Waals surface area contributed by atoms with Gasteiger partial charge in [-0.3, -0.25) is 4.98 Å². The molecule has 2 rings (SSSR count). The number of rotatable bonds is 2. The Morgan fingerprint density at radius 3 is 2.93 bits per heavy atom. The zero-order chi connectivity index (χ0) is 9.97. The van der Waals surface area contributed by atoms with E-state index in [-0.39, 0.29) is 5.69 Å². The largest absolute Gasteiger partial charge is 0.350 e. The number of pyridine rings is 1. The van der Waals surface area contributed by atoms with E-state index in [1.54, 1.807) is 18.5 Å². The molecular formula is C9H10N4O. The molecule has 5 nitrogen and oxygen atoms in total. The molecule has 2 heterocycles. The highest BCUT2D eigenvalue weighted by Crippen LogP contribution is 1.99. The van der Waals surface area contributed by atoms with Crippen molar-refractivity contribution in [3.05, 3.63) is 41.3 Å². The van der Waals surface area contributed by atoms with Crippen LogP contribution in [0, 0.1) is 0 Å². The summed E-state index contributed by atoms with van der Waals surface area (Å²) in [5, 5.41) is 3.95. The molecule has 0 aromatic carbocycles. The third-order valence-corrected chi connectivity index (χ3v) is 1.96. The average Bonchev–Trinajstić information content (AvgIpc) is 2.61. The smallest absolute Gasteiger partial charge is 0.263 e. The third kappa shape index (κ3) is 1.32. The van der Waals surface area contributed by atoms with E-state index < -0.39 is 0 Å². The molecule has 0 amide bonds. The second kappa shape index (κ2) is 3.45. The van der Waals surface area contributed by atoms with E-state index in [0.29, 0.717) is 6.54 Å². The number of hydrogen-bond acceptors (Lipinski definition) is 3. The molecule has 0 aliphatic rings. The zero-order valence-corrected chi connectivity index (χ0v) is 7.79. The highest BCUT2D eigenvalue weighted by molar-refractivity contribution is 5.26. The van der Waals surface area contributed by atoms with Gasteiger partial charge in [-0.2, -0.15) is 5.10 Å². The van der Waals surface area contributed by atoms with E-state index in [2.05, 4.69) is 10.1 Å². The van der Waals surface area contributed by atoms with Gasteiger partial charge in [0.15, 0.2) is 0 Å². The van der Waals surface area contributed by atoms with Crippen molar-refractivity contribution in [3.63, 3.8) is 0 Å². The standard InChI is InChI=1S/C9H10N4O/c1-2-13-9(14)12(7-11-13)8-4-3-5-10-6-8/h3-7H,2H2,1H3. The molecule has 0 fully saturated rings. The van der Waals surface area contributed by atoms with Gasteiger partial charge in [0, 0.05) is 12.7 Å². The zero-order valence-electron chi connectivity index (χ0n) is 7.79. The minimum Gasteiger partial charge on any atom is -0.263 e. The molecule has 72 valence electrons. The van der Waals surface area contributed by atoms with Crippen LogP contribution in [0.2, 0.25) is 0 Å². The maximum atomic E-state index is 11.6. The minimum absolute atomic E-state index is 0.138. The lowest BCUT2D eigenvalue weighted by molar-refractivity contribution is 0.629. The Morgan fingerprint density at radius 1 is 1.50 bits per heavy atom. The first-order valence-electron chi connectivity index (χ1n) is 4.38.